The third-order valence-corrected chi connectivity index (χ3v) is 13.7. The zero-order chi connectivity index (χ0) is 52.0. The van der Waals surface area contributed by atoms with E-state index < -0.39 is 6.10 Å². The summed E-state index contributed by atoms with van der Waals surface area (Å²) in [5, 5.41) is 9.68. The molecule has 0 aromatic carbocycles. The first-order valence-corrected chi connectivity index (χ1v) is 31.1. The summed E-state index contributed by atoms with van der Waals surface area (Å²) in [6.07, 6.45) is 87.2. The van der Waals surface area contributed by atoms with Gasteiger partial charge in [0.15, 0.2) is 6.10 Å². The molecule has 0 amide bonds. The number of allylic oxidation sites excluding steroid dienone is 14. The first-order chi connectivity index (χ1) is 35.6. The molecule has 1 unspecified atom stereocenters. The number of carbonyl (C=O) groups is 2. The molecule has 1 atom stereocenters. The zero-order valence-corrected chi connectivity index (χ0v) is 47.7. The summed E-state index contributed by atoms with van der Waals surface area (Å²) in [7, 11) is 0. The van der Waals surface area contributed by atoms with Gasteiger partial charge in [0.25, 0.3) is 0 Å². The van der Waals surface area contributed by atoms with E-state index in [0.29, 0.717) is 12.8 Å². The van der Waals surface area contributed by atoms with Gasteiger partial charge < -0.3 is 14.6 Å². The van der Waals surface area contributed by atoms with Crippen molar-refractivity contribution in [2.45, 2.75) is 315 Å². The van der Waals surface area contributed by atoms with Crippen molar-refractivity contribution in [1.82, 2.24) is 0 Å². The van der Waals surface area contributed by atoms with Gasteiger partial charge in [-0.3, -0.25) is 9.59 Å². The fourth-order valence-electron chi connectivity index (χ4n) is 9.07. The lowest BCUT2D eigenvalue weighted by Gasteiger charge is -2.15. The molecule has 0 aliphatic heterocycles. The largest absolute Gasteiger partial charge is 0.462 e. The van der Waals surface area contributed by atoms with Crippen molar-refractivity contribution in [3.05, 3.63) is 85.1 Å². The number of unbranched alkanes of at least 4 members (excludes halogenated alkanes) is 35. The molecular weight excluding hydrogens is 885 g/mol. The molecule has 5 heteroatoms. The quantitative estimate of drug-likeness (QED) is 0.0373. The van der Waals surface area contributed by atoms with Crippen molar-refractivity contribution in [3.8, 4) is 0 Å². The number of hydrogen-bond acceptors (Lipinski definition) is 5. The number of hydrogen-bond donors (Lipinski definition) is 1. The normalized spacial score (nSPS) is 12.8. The second-order valence-electron chi connectivity index (χ2n) is 20.8. The molecule has 0 heterocycles. The molecule has 1 N–H and O–H groups in total. The summed E-state index contributed by atoms with van der Waals surface area (Å²) in [6, 6.07) is 0. The van der Waals surface area contributed by atoms with Gasteiger partial charge in [-0.2, -0.15) is 0 Å². The fraction of sp³-hybridized carbons (Fsp3) is 0.761. The summed E-state index contributed by atoms with van der Waals surface area (Å²) >= 11 is 0. The predicted octanol–water partition coefficient (Wildman–Crippen LogP) is 21.3. The topological polar surface area (TPSA) is 72.8 Å². The van der Waals surface area contributed by atoms with Crippen LogP contribution in [0.4, 0.5) is 0 Å². The van der Waals surface area contributed by atoms with Crippen LogP contribution in [0.3, 0.4) is 0 Å². The van der Waals surface area contributed by atoms with E-state index in [1.807, 2.05) is 0 Å². The summed E-state index contributed by atoms with van der Waals surface area (Å²) in [5.41, 5.74) is 0. The summed E-state index contributed by atoms with van der Waals surface area (Å²) < 4.78 is 10.7. The molecule has 0 saturated heterocycles. The van der Waals surface area contributed by atoms with Gasteiger partial charge in [0, 0.05) is 12.8 Å². The lowest BCUT2D eigenvalue weighted by molar-refractivity contribution is -0.161. The second-order valence-corrected chi connectivity index (χ2v) is 20.8. The van der Waals surface area contributed by atoms with Crippen molar-refractivity contribution in [3.63, 3.8) is 0 Å². The molecule has 72 heavy (non-hydrogen) atoms. The summed E-state index contributed by atoms with van der Waals surface area (Å²) in [4.78, 5) is 24.6. The van der Waals surface area contributed by atoms with Crippen LogP contribution in [0.5, 0.6) is 0 Å². The smallest absolute Gasteiger partial charge is 0.306 e. The molecule has 0 aromatic heterocycles. The van der Waals surface area contributed by atoms with Crippen LogP contribution in [0.1, 0.15) is 309 Å². The Bertz CT molecular complexity index is 1320. The Labute approximate surface area is 447 Å². The van der Waals surface area contributed by atoms with Gasteiger partial charge in [-0.1, -0.05) is 311 Å². The highest BCUT2D eigenvalue weighted by Crippen LogP contribution is 2.17. The molecule has 5 nitrogen and oxygen atoms in total. The van der Waals surface area contributed by atoms with Crippen LogP contribution in [0.15, 0.2) is 85.1 Å². The Morgan fingerprint density at radius 3 is 0.903 bits per heavy atom. The van der Waals surface area contributed by atoms with Gasteiger partial charge >= 0.3 is 11.9 Å². The lowest BCUT2D eigenvalue weighted by atomic mass is 10.0. The average molecular weight is 1000 g/mol. The SMILES string of the molecule is CC/C=C\C/C=C\C/C=C\C/C=C\C/C=C\C/C=C\C/C=C\CCCCCCCCCCCCCC(=O)OC(CO)COC(=O)CCCCCCCCCCCCCCCCCCCCCCCCCCC. The minimum Gasteiger partial charge on any atom is -0.462 e. The molecule has 0 bridgehead atoms. The third kappa shape index (κ3) is 59.6. The molecule has 0 aliphatic rings. The molecule has 0 aromatic rings. The molecule has 0 fully saturated rings. The van der Waals surface area contributed by atoms with E-state index in [1.54, 1.807) is 0 Å². The highest BCUT2D eigenvalue weighted by molar-refractivity contribution is 5.70. The van der Waals surface area contributed by atoms with Crippen LogP contribution in [0.25, 0.3) is 0 Å². The molecule has 0 spiro atoms. The summed E-state index contributed by atoms with van der Waals surface area (Å²) in [6.45, 7) is 4.06. The van der Waals surface area contributed by atoms with Crippen molar-refractivity contribution < 1.29 is 24.2 Å². The highest BCUT2D eigenvalue weighted by Gasteiger charge is 2.16. The number of aliphatic hydroxyl groups is 1. The Morgan fingerprint density at radius 1 is 0.333 bits per heavy atom. The van der Waals surface area contributed by atoms with Crippen LogP contribution in [0, 0.1) is 0 Å². The number of aliphatic hydroxyl groups excluding tert-OH is 1. The minimum absolute atomic E-state index is 0.0662. The van der Waals surface area contributed by atoms with Gasteiger partial charge in [-0.05, 0) is 70.6 Å². The van der Waals surface area contributed by atoms with Gasteiger partial charge in [0.2, 0.25) is 0 Å². The van der Waals surface area contributed by atoms with E-state index in [0.717, 1.165) is 83.5 Å². The van der Waals surface area contributed by atoms with Gasteiger partial charge in [-0.15, -0.1) is 0 Å². The monoisotopic (exact) mass is 1000 g/mol. The molecule has 0 saturated carbocycles. The van der Waals surface area contributed by atoms with Crippen LogP contribution in [-0.2, 0) is 19.1 Å². The maximum Gasteiger partial charge on any atom is 0.306 e. The molecule has 0 aliphatic carbocycles. The standard InChI is InChI=1S/C67H118O5/c1-3-5-7-9-11-13-15-17-19-21-23-25-27-29-30-31-32-33-34-35-36-38-40-42-44-46-48-50-52-54-56-58-60-62-67(70)72-65(63-68)64-71-66(69)61-59-57-55-53-51-49-47-45-43-41-39-37-28-26-24-22-20-18-16-14-12-10-8-6-4-2/h5,7,11,13,17,19,23,25,29-30,32-33,35-36,65,68H,3-4,6,8-10,12,14-16,18,20-22,24,26-28,31,34,37-64H2,1-2H3/b7-5-,13-11-,19-17-,25-23-,30-29-,33-32-,36-35-. The van der Waals surface area contributed by atoms with Crippen LogP contribution in [0.2, 0.25) is 0 Å². The van der Waals surface area contributed by atoms with Crippen molar-refractivity contribution >= 4 is 11.9 Å². The molecule has 416 valence electrons. The zero-order valence-electron chi connectivity index (χ0n) is 47.7. The minimum atomic E-state index is -0.777. The Balaban J connectivity index is 3.49. The van der Waals surface area contributed by atoms with Crippen LogP contribution >= 0.6 is 0 Å². The van der Waals surface area contributed by atoms with Gasteiger partial charge in [0.05, 0.1) is 6.61 Å². The summed E-state index contributed by atoms with van der Waals surface area (Å²) in [5.74, 6) is -0.583. The Kier molecular flexibility index (Phi) is 59.8. The first-order valence-electron chi connectivity index (χ1n) is 31.1. The van der Waals surface area contributed by atoms with Crippen LogP contribution in [-0.4, -0.2) is 36.4 Å². The maximum absolute atomic E-state index is 12.3. The fourth-order valence-corrected chi connectivity index (χ4v) is 9.07. The Morgan fingerprint density at radius 2 is 0.597 bits per heavy atom. The number of esters is 2. The average Bonchev–Trinajstić information content (AvgIpc) is 3.38. The van der Waals surface area contributed by atoms with E-state index in [4.69, 9.17) is 9.47 Å². The van der Waals surface area contributed by atoms with Crippen molar-refractivity contribution in [2.24, 2.45) is 0 Å². The van der Waals surface area contributed by atoms with E-state index in [-0.39, 0.29) is 25.2 Å². The van der Waals surface area contributed by atoms with Gasteiger partial charge in [0.1, 0.15) is 6.61 Å². The molecular formula is C67H118O5. The van der Waals surface area contributed by atoms with E-state index in [2.05, 4.69) is 98.9 Å². The van der Waals surface area contributed by atoms with Crippen molar-refractivity contribution in [2.75, 3.05) is 13.2 Å². The van der Waals surface area contributed by atoms with Gasteiger partial charge in [-0.25, -0.2) is 0 Å². The van der Waals surface area contributed by atoms with Crippen molar-refractivity contribution in [1.29, 1.82) is 0 Å². The van der Waals surface area contributed by atoms with Crippen LogP contribution < -0.4 is 0 Å². The third-order valence-electron chi connectivity index (χ3n) is 13.7. The van der Waals surface area contributed by atoms with E-state index in [9.17, 15) is 14.7 Å². The number of ether oxygens (including phenoxy) is 2. The van der Waals surface area contributed by atoms with E-state index in [1.165, 1.54) is 199 Å². The first kappa shape index (κ1) is 69.1. The maximum atomic E-state index is 12.3. The second kappa shape index (κ2) is 62.4. The number of carbonyl (C=O) groups excluding carboxylic acids is 2. The molecule has 0 rings (SSSR count). The number of rotatable bonds is 57. The molecule has 0 radical (unpaired) electrons. The van der Waals surface area contributed by atoms with E-state index >= 15 is 0 Å². The predicted molar refractivity (Wildman–Crippen MR) is 316 cm³/mol. The highest BCUT2D eigenvalue weighted by atomic mass is 16.6. The lowest BCUT2D eigenvalue weighted by Crippen LogP contribution is -2.28. The Hall–Kier alpha value is -2.92.